The fraction of sp³-hybridized carbons (Fsp3) is 0.538. The van der Waals surface area contributed by atoms with E-state index in [0.29, 0.717) is 33.0 Å². The molecule has 0 aliphatic heterocycles. The molecule has 29 heavy (non-hydrogen) atoms. The van der Waals surface area contributed by atoms with Gasteiger partial charge in [0.1, 0.15) is 12.4 Å². The highest BCUT2D eigenvalue weighted by Crippen LogP contribution is 2.15. The highest BCUT2D eigenvalue weighted by molar-refractivity contribution is 5.27. The third-order valence-corrected chi connectivity index (χ3v) is 4.97. The van der Waals surface area contributed by atoms with Crippen molar-refractivity contribution in [3.63, 3.8) is 0 Å². The Kier molecular flexibility index (Phi) is 12.9. The summed E-state index contributed by atoms with van der Waals surface area (Å²) in [4.78, 5) is 0. The quantitative estimate of drug-likeness (QED) is 0.281. The molecule has 0 aliphatic rings. The van der Waals surface area contributed by atoms with Crippen LogP contribution < -0.4 is 4.74 Å². The van der Waals surface area contributed by atoms with Crippen LogP contribution in [0.3, 0.4) is 0 Å². The first-order chi connectivity index (χ1) is 14.4. The maximum atomic E-state index is 5.75. The van der Waals surface area contributed by atoms with Crippen molar-refractivity contribution >= 4 is 0 Å². The molecule has 3 nitrogen and oxygen atoms in total. The van der Waals surface area contributed by atoms with Crippen molar-refractivity contribution in [3.05, 3.63) is 65.7 Å². The summed E-state index contributed by atoms with van der Waals surface area (Å²) in [5.74, 6) is 0.914. The average molecular weight is 399 g/mol. The van der Waals surface area contributed by atoms with E-state index in [9.17, 15) is 0 Å². The first kappa shape index (κ1) is 23.4. The highest BCUT2D eigenvalue weighted by Gasteiger charge is 1.98. The van der Waals surface area contributed by atoms with E-state index in [1.165, 1.54) is 62.5 Å². The third-order valence-electron chi connectivity index (χ3n) is 4.97. The maximum absolute atomic E-state index is 5.75. The minimum Gasteiger partial charge on any atom is -0.491 e. The molecule has 3 heteroatoms. The standard InChI is InChI=1S/C26H38O3/c1-2-3-4-5-6-7-9-12-24-15-17-26(18-16-24)29-22-21-27-19-20-28-23-25-13-10-8-11-14-25/h8,10-11,13-18H,2-7,9,12,19-23H2,1H3. The average Bonchev–Trinajstić information content (AvgIpc) is 2.76. The third kappa shape index (κ3) is 11.7. The number of unbranched alkanes of at least 4 members (excludes halogenated alkanes) is 6. The van der Waals surface area contributed by atoms with Crippen molar-refractivity contribution in [2.45, 2.75) is 64.9 Å². The molecule has 0 saturated carbocycles. The summed E-state index contributed by atoms with van der Waals surface area (Å²) in [6.45, 7) is 5.23. The van der Waals surface area contributed by atoms with E-state index in [2.05, 4.69) is 43.3 Å². The molecule has 2 aromatic carbocycles. The van der Waals surface area contributed by atoms with Crippen molar-refractivity contribution in [3.8, 4) is 5.75 Å². The summed E-state index contributed by atoms with van der Waals surface area (Å²) in [5, 5.41) is 0. The van der Waals surface area contributed by atoms with Crippen LogP contribution in [-0.2, 0) is 22.5 Å². The molecule has 0 spiro atoms. The Hall–Kier alpha value is -1.84. The molecule has 0 aromatic heterocycles. The fourth-order valence-corrected chi connectivity index (χ4v) is 3.24. The van der Waals surface area contributed by atoms with Crippen molar-refractivity contribution in [1.29, 1.82) is 0 Å². The lowest BCUT2D eigenvalue weighted by atomic mass is 10.0. The Morgan fingerprint density at radius 2 is 1.24 bits per heavy atom. The van der Waals surface area contributed by atoms with Crippen LogP contribution in [0.15, 0.2) is 54.6 Å². The lowest BCUT2D eigenvalue weighted by Crippen LogP contribution is -2.10. The van der Waals surface area contributed by atoms with Gasteiger partial charge in [-0.15, -0.1) is 0 Å². The van der Waals surface area contributed by atoms with Crippen molar-refractivity contribution in [2.24, 2.45) is 0 Å². The van der Waals surface area contributed by atoms with Gasteiger partial charge in [-0.05, 0) is 36.1 Å². The van der Waals surface area contributed by atoms with Crippen molar-refractivity contribution < 1.29 is 14.2 Å². The van der Waals surface area contributed by atoms with Crippen LogP contribution in [0.1, 0.15) is 63.0 Å². The Balaban J connectivity index is 1.43. The first-order valence-corrected chi connectivity index (χ1v) is 11.3. The maximum Gasteiger partial charge on any atom is 0.119 e. The molecule has 2 aromatic rings. The van der Waals surface area contributed by atoms with Crippen molar-refractivity contribution in [1.82, 2.24) is 0 Å². The van der Waals surface area contributed by atoms with Gasteiger partial charge in [0.05, 0.1) is 26.4 Å². The van der Waals surface area contributed by atoms with Crippen LogP contribution in [0.2, 0.25) is 0 Å². The Morgan fingerprint density at radius 3 is 2.00 bits per heavy atom. The monoisotopic (exact) mass is 398 g/mol. The second-order valence-electron chi connectivity index (χ2n) is 7.51. The molecule has 0 radical (unpaired) electrons. The van der Waals surface area contributed by atoms with Crippen LogP contribution >= 0.6 is 0 Å². The van der Waals surface area contributed by atoms with E-state index in [-0.39, 0.29) is 0 Å². The van der Waals surface area contributed by atoms with Gasteiger partial charge in [-0.1, -0.05) is 87.9 Å². The second kappa shape index (κ2) is 16.0. The zero-order chi connectivity index (χ0) is 20.4. The molecule has 0 fully saturated rings. The number of aryl methyl sites for hydroxylation is 1. The topological polar surface area (TPSA) is 27.7 Å². The van der Waals surface area contributed by atoms with Gasteiger partial charge in [0.2, 0.25) is 0 Å². The minimum atomic E-state index is 0.565. The molecular weight excluding hydrogens is 360 g/mol. The van der Waals surface area contributed by atoms with E-state index in [4.69, 9.17) is 14.2 Å². The summed E-state index contributed by atoms with van der Waals surface area (Å²) in [7, 11) is 0. The zero-order valence-corrected chi connectivity index (χ0v) is 18.1. The van der Waals surface area contributed by atoms with Gasteiger partial charge in [-0.25, -0.2) is 0 Å². The molecule has 160 valence electrons. The van der Waals surface area contributed by atoms with Crippen LogP contribution in [0.4, 0.5) is 0 Å². The fourth-order valence-electron chi connectivity index (χ4n) is 3.24. The smallest absolute Gasteiger partial charge is 0.119 e. The SMILES string of the molecule is CCCCCCCCCc1ccc(OCCOCCOCc2ccccc2)cc1. The first-order valence-electron chi connectivity index (χ1n) is 11.3. The summed E-state index contributed by atoms with van der Waals surface area (Å²) in [6, 6.07) is 18.7. The molecule has 0 aliphatic carbocycles. The van der Waals surface area contributed by atoms with Gasteiger partial charge in [0.15, 0.2) is 0 Å². The summed E-state index contributed by atoms with van der Waals surface area (Å²) in [6.07, 6.45) is 10.7. The Labute approximate surface area is 177 Å². The Bertz CT molecular complexity index is 610. The molecule has 0 atom stereocenters. The molecule has 0 amide bonds. The number of ether oxygens (including phenoxy) is 3. The largest absolute Gasteiger partial charge is 0.491 e. The lowest BCUT2D eigenvalue weighted by Gasteiger charge is -2.09. The van der Waals surface area contributed by atoms with E-state index >= 15 is 0 Å². The zero-order valence-electron chi connectivity index (χ0n) is 18.1. The van der Waals surface area contributed by atoms with Gasteiger partial charge in [-0.3, -0.25) is 0 Å². The predicted molar refractivity (Wildman–Crippen MR) is 121 cm³/mol. The number of hydrogen-bond donors (Lipinski definition) is 0. The summed E-state index contributed by atoms with van der Waals surface area (Å²) >= 11 is 0. The minimum absolute atomic E-state index is 0.565. The normalized spacial score (nSPS) is 10.9. The molecular formula is C26H38O3. The van der Waals surface area contributed by atoms with E-state index in [1.54, 1.807) is 0 Å². The van der Waals surface area contributed by atoms with Crippen molar-refractivity contribution in [2.75, 3.05) is 26.4 Å². The van der Waals surface area contributed by atoms with Crippen LogP contribution in [0.5, 0.6) is 5.75 Å². The van der Waals surface area contributed by atoms with Crippen LogP contribution in [0, 0.1) is 0 Å². The Morgan fingerprint density at radius 1 is 0.586 bits per heavy atom. The highest BCUT2D eigenvalue weighted by atomic mass is 16.5. The van der Waals surface area contributed by atoms with Gasteiger partial charge in [0.25, 0.3) is 0 Å². The number of hydrogen-bond acceptors (Lipinski definition) is 3. The molecule has 0 bridgehead atoms. The van der Waals surface area contributed by atoms with Gasteiger partial charge >= 0.3 is 0 Å². The van der Waals surface area contributed by atoms with Crippen LogP contribution in [0.25, 0.3) is 0 Å². The molecule has 2 rings (SSSR count). The van der Waals surface area contributed by atoms with E-state index in [1.807, 2.05) is 18.2 Å². The molecule has 0 saturated heterocycles. The van der Waals surface area contributed by atoms with E-state index in [0.717, 1.165) is 5.75 Å². The van der Waals surface area contributed by atoms with Gasteiger partial charge in [-0.2, -0.15) is 0 Å². The summed E-state index contributed by atoms with van der Waals surface area (Å²) < 4.78 is 16.9. The number of benzene rings is 2. The summed E-state index contributed by atoms with van der Waals surface area (Å²) in [5.41, 5.74) is 2.59. The lowest BCUT2D eigenvalue weighted by molar-refractivity contribution is 0.0303. The van der Waals surface area contributed by atoms with Gasteiger partial charge < -0.3 is 14.2 Å². The molecule has 0 unspecified atom stereocenters. The van der Waals surface area contributed by atoms with Crippen LogP contribution in [-0.4, -0.2) is 26.4 Å². The second-order valence-corrected chi connectivity index (χ2v) is 7.51. The van der Waals surface area contributed by atoms with Gasteiger partial charge in [0, 0.05) is 0 Å². The molecule has 0 heterocycles. The number of rotatable bonds is 17. The van der Waals surface area contributed by atoms with E-state index < -0.39 is 0 Å². The molecule has 0 N–H and O–H groups in total. The predicted octanol–water partition coefficient (Wildman–Crippen LogP) is 6.59.